The monoisotopic (exact) mass is 329 g/mol. The van der Waals surface area contributed by atoms with Crippen molar-refractivity contribution in [1.29, 1.82) is 0 Å². The van der Waals surface area contributed by atoms with Gasteiger partial charge in [0.2, 0.25) is 5.76 Å². The van der Waals surface area contributed by atoms with E-state index in [1.54, 1.807) is 6.07 Å². The van der Waals surface area contributed by atoms with E-state index in [0.717, 1.165) is 23.8 Å². The fourth-order valence-corrected chi connectivity index (χ4v) is 3.27. The van der Waals surface area contributed by atoms with Crippen LogP contribution in [0.2, 0.25) is 0 Å². The van der Waals surface area contributed by atoms with Gasteiger partial charge >= 0.3 is 5.97 Å². The molecule has 3 rings (SSSR count). The number of fused-ring (bicyclic) bond motifs is 1. The highest BCUT2D eigenvalue weighted by Gasteiger charge is 2.20. The molecule has 0 atom stereocenters. The normalized spacial score (nSPS) is 15.4. The van der Waals surface area contributed by atoms with E-state index in [4.69, 9.17) is 9.15 Å². The number of para-hydroxylation sites is 1. The smallest absolute Gasteiger partial charge is 0.375 e. The number of furan rings is 1. The van der Waals surface area contributed by atoms with E-state index < -0.39 is 5.97 Å². The molecule has 0 saturated heterocycles. The minimum Gasteiger partial charge on any atom is -0.450 e. The summed E-state index contributed by atoms with van der Waals surface area (Å²) >= 11 is 0. The zero-order valence-corrected chi connectivity index (χ0v) is 14.0. The summed E-state index contributed by atoms with van der Waals surface area (Å²) in [6, 6.07) is 7.43. The van der Waals surface area contributed by atoms with Crippen LogP contribution in [-0.4, -0.2) is 25.0 Å². The second-order valence-electron chi connectivity index (χ2n) is 6.44. The highest BCUT2D eigenvalue weighted by molar-refractivity contribution is 5.96. The molecule has 0 spiro atoms. The number of hydrogen-bond acceptors (Lipinski definition) is 4. The zero-order chi connectivity index (χ0) is 16.9. The Hall–Kier alpha value is -2.30. The Kier molecular flexibility index (Phi) is 5.18. The topological polar surface area (TPSA) is 68.5 Å². The first kappa shape index (κ1) is 16.6. The lowest BCUT2D eigenvalue weighted by Gasteiger charge is -2.21. The molecule has 5 heteroatoms. The molecule has 1 aromatic heterocycles. The van der Waals surface area contributed by atoms with Crippen LogP contribution in [0.4, 0.5) is 0 Å². The average Bonchev–Trinajstić information content (AvgIpc) is 2.96. The molecule has 1 fully saturated rings. The molecular formula is C19H23NO4. The van der Waals surface area contributed by atoms with E-state index in [-0.39, 0.29) is 18.3 Å². The van der Waals surface area contributed by atoms with Crippen LogP contribution in [0.1, 0.15) is 48.2 Å². The van der Waals surface area contributed by atoms with Crippen LogP contribution in [-0.2, 0) is 9.53 Å². The molecule has 1 N–H and O–H groups in total. The van der Waals surface area contributed by atoms with Gasteiger partial charge in [0.25, 0.3) is 5.91 Å². The van der Waals surface area contributed by atoms with Crippen molar-refractivity contribution in [3.8, 4) is 0 Å². The molecule has 0 aliphatic heterocycles. The van der Waals surface area contributed by atoms with Crippen molar-refractivity contribution in [1.82, 2.24) is 5.32 Å². The number of hydrogen-bond donors (Lipinski definition) is 1. The van der Waals surface area contributed by atoms with Crippen LogP contribution in [0.5, 0.6) is 0 Å². The van der Waals surface area contributed by atoms with E-state index in [1.165, 1.54) is 19.3 Å². The number of ether oxygens (including phenoxy) is 1. The minimum absolute atomic E-state index is 0.163. The predicted molar refractivity (Wildman–Crippen MR) is 90.8 cm³/mol. The fraction of sp³-hybridized carbons (Fsp3) is 0.474. The summed E-state index contributed by atoms with van der Waals surface area (Å²) in [6.45, 7) is 2.20. The number of benzene rings is 1. The Morgan fingerprint density at radius 3 is 2.71 bits per heavy atom. The van der Waals surface area contributed by atoms with Gasteiger partial charge < -0.3 is 14.5 Å². The summed E-state index contributed by atoms with van der Waals surface area (Å²) in [4.78, 5) is 24.0. The molecule has 2 aromatic rings. The molecule has 0 bridgehead atoms. The Morgan fingerprint density at radius 2 is 1.96 bits per heavy atom. The number of amides is 1. The first-order chi connectivity index (χ1) is 11.6. The molecule has 1 aliphatic rings. The lowest BCUT2D eigenvalue weighted by molar-refractivity contribution is -0.124. The van der Waals surface area contributed by atoms with Gasteiger partial charge in [-0.15, -0.1) is 0 Å². The van der Waals surface area contributed by atoms with Gasteiger partial charge in [0.05, 0.1) is 0 Å². The first-order valence-corrected chi connectivity index (χ1v) is 8.57. The van der Waals surface area contributed by atoms with Gasteiger partial charge in [-0.05, 0) is 31.7 Å². The maximum atomic E-state index is 12.1. The number of nitrogens with one attached hydrogen (secondary N) is 1. The second-order valence-corrected chi connectivity index (χ2v) is 6.44. The van der Waals surface area contributed by atoms with Crippen molar-refractivity contribution < 1.29 is 18.7 Å². The SMILES string of the molecule is Cc1c(C(=O)OCC(=O)NCC2CCCCC2)oc2ccccc12. The number of esters is 1. The van der Waals surface area contributed by atoms with Gasteiger partial charge in [-0.1, -0.05) is 37.5 Å². The van der Waals surface area contributed by atoms with Crippen molar-refractivity contribution in [3.63, 3.8) is 0 Å². The third-order valence-electron chi connectivity index (χ3n) is 4.68. The molecule has 1 aromatic carbocycles. The lowest BCUT2D eigenvalue weighted by Crippen LogP contribution is -2.33. The molecule has 5 nitrogen and oxygen atoms in total. The van der Waals surface area contributed by atoms with Gasteiger partial charge in [-0.25, -0.2) is 4.79 Å². The number of carbonyl (C=O) groups excluding carboxylic acids is 2. The van der Waals surface area contributed by atoms with E-state index in [0.29, 0.717) is 18.0 Å². The van der Waals surface area contributed by atoms with E-state index in [1.807, 2.05) is 25.1 Å². The van der Waals surface area contributed by atoms with Crippen molar-refractivity contribution >= 4 is 22.8 Å². The van der Waals surface area contributed by atoms with Crippen LogP contribution >= 0.6 is 0 Å². The summed E-state index contributed by atoms with van der Waals surface area (Å²) in [7, 11) is 0. The van der Waals surface area contributed by atoms with Gasteiger partial charge in [-0.3, -0.25) is 4.79 Å². The molecule has 1 heterocycles. The van der Waals surface area contributed by atoms with E-state index in [9.17, 15) is 9.59 Å². The molecule has 1 aliphatic carbocycles. The fourth-order valence-electron chi connectivity index (χ4n) is 3.27. The van der Waals surface area contributed by atoms with Gasteiger partial charge in [0, 0.05) is 17.5 Å². The van der Waals surface area contributed by atoms with Crippen molar-refractivity contribution in [2.24, 2.45) is 5.92 Å². The quantitative estimate of drug-likeness (QED) is 0.851. The molecule has 1 saturated carbocycles. The maximum absolute atomic E-state index is 12.1. The van der Waals surface area contributed by atoms with Gasteiger partial charge in [-0.2, -0.15) is 0 Å². The number of rotatable bonds is 5. The largest absolute Gasteiger partial charge is 0.450 e. The van der Waals surface area contributed by atoms with Crippen molar-refractivity contribution in [3.05, 3.63) is 35.6 Å². The minimum atomic E-state index is -0.600. The van der Waals surface area contributed by atoms with Crippen LogP contribution in [0, 0.1) is 12.8 Å². The van der Waals surface area contributed by atoms with E-state index in [2.05, 4.69) is 5.32 Å². The zero-order valence-electron chi connectivity index (χ0n) is 14.0. The average molecular weight is 329 g/mol. The Balaban J connectivity index is 1.50. The molecule has 128 valence electrons. The molecule has 0 unspecified atom stereocenters. The molecule has 24 heavy (non-hydrogen) atoms. The Labute approximate surface area is 141 Å². The predicted octanol–water partition coefficient (Wildman–Crippen LogP) is 3.59. The lowest BCUT2D eigenvalue weighted by atomic mass is 9.89. The third-order valence-corrected chi connectivity index (χ3v) is 4.68. The van der Waals surface area contributed by atoms with Crippen molar-refractivity contribution in [2.75, 3.05) is 13.2 Å². The van der Waals surface area contributed by atoms with Crippen LogP contribution in [0.3, 0.4) is 0 Å². The summed E-state index contributed by atoms with van der Waals surface area (Å²) in [6.07, 6.45) is 6.09. The molecule has 0 radical (unpaired) electrons. The summed E-state index contributed by atoms with van der Waals surface area (Å²) in [5.74, 6) is -0.147. The second kappa shape index (κ2) is 7.51. The Morgan fingerprint density at radius 1 is 1.21 bits per heavy atom. The highest BCUT2D eigenvalue weighted by atomic mass is 16.5. The highest BCUT2D eigenvalue weighted by Crippen LogP contribution is 2.25. The van der Waals surface area contributed by atoms with Crippen molar-refractivity contribution in [2.45, 2.75) is 39.0 Å². The van der Waals surface area contributed by atoms with Crippen LogP contribution in [0.15, 0.2) is 28.7 Å². The molecule has 1 amide bonds. The first-order valence-electron chi connectivity index (χ1n) is 8.57. The Bertz CT molecular complexity index is 728. The van der Waals surface area contributed by atoms with E-state index >= 15 is 0 Å². The standard InChI is InChI=1S/C19H23NO4/c1-13-15-9-5-6-10-16(15)24-18(13)19(22)23-12-17(21)20-11-14-7-3-2-4-8-14/h5-6,9-10,14H,2-4,7-8,11-12H2,1H3,(H,20,21). The summed E-state index contributed by atoms with van der Waals surface area (Å²) in [5, 5.41) is 3.73. The maximum Gasteiger partial charge on any atom is 0.375 e. The third kappa shape index (κ3) is 3.78. The van der Waals surface area contributed by atoms with Crippen LogP contribution in [0.25, 0.3) is 11.0 Å². The number of carbonyl (C=O) groups is 2. The molecular weight excluding hydrogens is 306 g/mol. The summed E-state index contributed by atoms with van der Waals surface area (Å²) < 4.78 is 10.6. The summed E-state index contributed by atoms with van der Waals surface area (Å²) in [5.41, 5.74) is 1.38. The van der Waals surface area contributed by atoms with Gasteiger partial charge in [0.1, 0.15) is 5.58 Å². The van der Waals surface area contributed by atoms with Crippen LogP contribution < -0.4 is 5.32 Å². The number of aryl methyl sites for hydroxylation is 1. The van der Waals surface area contributed by atoms with Gasteiger partial charge in [0.15, 0.2) is 6.61 Å².